The monoisotopic (exact) mass is 256 g/mol. The summed E-state index contributed by atoms with van der Waals surface area (Å²) in [5.41, 5.74) is 0. The van der Waals surface area contributed by atoms with Crippen molar-refractivity contribution in [1.29, 1.82) is 0 Å². The van der Waals surface area contributed by atoms with Crippen LogP contribution in [0, 0.1) is 0 Å². The number of allylic oxidation sites excluding steroid dienone is 2. The summed E-state index contributed by atoms with van der Waals surface area (Å²) < 4.78 is 0. The number of rotatable bonds is 12. The van der Waals surface area contributed by atoms with Crippen LogP contribution < -0.4 is 0 Å². The van der Waals surface area contributed by atoms with E-state index in [1.165, 1.54) is 25.7 Å². The summed E-state index contributed by atoms with van der Waals surface area (Å²) in [5.74, 6) is -0.919. The second-order valence-corrected chi connectivity index (χ2v) is 4.86. The number of carbonyl (C=O) groups is 1. The van der Waals surface area contributed by atoms with Crippen molar-refractivity contribution in [2.45, 2.75) is 77.2 Å². The summed E-state index contributed by atoms with van der Waals surface area (Å²) in [6, 6.07) is 0. The fraction of sp³-hybridized carbons (Fsp3) is 0.800. The van der Waals surface area contributed by atoms with Gasteiger partial charge in [0.1, 0.15) is 0 Å². The molecule has 0 heterocycles. The highest BCUT2D eigenvalue weighted by molar-refractivity contribution is 5.67. The average Bonchev–Trinajstić information content (AvgIpc) is 2.30. The molecule has 106 valence electrons. The molecular weight excluding hydrogens is 228 g/mol. The van der Waals surface area contributed by atoms with Gasteiger partial charge >= 0.3 is 5.97 Å². The lowest BCUT2D eigenvalue weighted by atomic mass is 10.1. The highest BCUT2D eigenvalue weighted by Crippen LogP contribution is 2.09. The molecular formula is C15H28O3. The summed E-state index contributed by atoms with van der Waals surface area (Å²) >= 11 is 0. The molecule has 18 heavy (non-hydrogen) atoms. The first-order valence-electron chi connectivity index (χ1n) is 7.21. The molecule has 0 aromatic rings. The normalized spacial score (nSPS) is 13.0. The standard InChI is InChI=1S/C15H28O3/c1-2-3-4-5-6-7-8-9-10-11-12-14(16)13-15(17)18/h6-7,14,16H,2-5,8-13H2,1H3,(H,17,18)/b7-6-. The maximum atomic E-state index is 10.3. The number of aliphatic hydroxyl groups is 1. The van der Waals surface area contributed by atoms with Crippen LogP contribution in [0.15, 0.2) is 12.2 Å². The van der Waals surface area contributed by atoms with Crippen LogP contribution in [0.3, 0.4) is 0 Å². The van der Waals surface area contributed by atoms with Gasteiger partial charge in [0.2, 0.25) is 0 Å². The summed E-state index contributed by atoms with van der Waals surface area (Å²) in [7, 11) is 0. The van der Waals surface area contributed by atoms with Crippen LogP contribution in [0.2, 0.25) is 0 Å². The van der Waals surface area contributed by atoms with Gasteiger partial charge in [-0.2, -0.15) is 0 Å². The number of hydrogen-bond acceptors (Lipinski definition) is 2. The van der Waals surface area contributed by atoms with Gasteiger partial charge in [-0.1, -0.05) is 44.8 Å². The SMILES string of the molecule is CCCCC/C=C\CCCCCC(O)CC(=O)O. The minimum Gasteiger partial charge on any atom is -0.481 e. The van der Waals surface area contributed by atoms with Gasteiger partial charge in [-0.25, -0.2) is 0 Å². The Morgan fingerprint density at radius 3 is 2.22 bits per heavy atom. The van der Waals surface area contributed by atoms with Gasteiger partial charge < -0.3 is 10.2 Å². The molecule has 0 fully saturated rings. The summed E-state index contributed by atoms with van der Waals surface area (Å²) in [4.78, 5) is 10.3. The quantitative estimate of drug-likeness (QED) is 0.411. The van der Waals surface area contributed by atoms with Gasteiger partial charge in [-0.15, -0.1) is 0 Å². The molecule has 2 N–H and O–H groups in total. The Morgan fingerprint density at radius 1 is 1.06 bits per heavy atom. The van der Waals surface area contributed by atoms with Gasteiger partial charge in [0.15, 0.2) is 0 Å². The average molecular weight is 256 g/mol. The highest BCUT2D eigenvalue weighted by Gasteiger charge is 2.08. The second kappa shape index (κ2) is 12.6. The van der Waals surface area contributed by atoms with E-state index in [2.05, 4.69) is 19.1 Å². The van der Waals surface area contributed by atoms with E-state index in [9.17, 15) is 9.90 Å². The molecule has 1 atom stereocenters. The third-order valence-corrected chi connectivity index (χ3v) is 2.96. The number of hydrogen-bond donors (Lipinski definition) is 2. The second-order valence-electron chi connectivity index (χ2n) is 4.86. The zero-order valence-electron chi connectivity index (χ0n) is 11.6. The molecule has 0 aliphatic heterocycles. The van der Waals surface area contributed by atoms with Crippen molar-refractivity contribution < 1.29 is 15.0 Å². The van der Waals surface area contributed by atoms with E-state index in [1.54, 1.807) is 0 Å². The predicted octanol–water partition coefficient (Wildman–Crippen LogP) is 3.91. The largest absolute Gasteiger partial charge is 0.481 e. The van der Waals surface area contributed by atoms with Crippen LogP contribution >= 0.6 is 0 Å². The summed E-state index contributed by atoms with van der Waals surface area (Å²) in [6.45, 7) is 2.21. The molecule has 0 amide bonds. The van der Waals surface area contributed by atoms with E-state index in [1.807, 2.05) is 0 Å². The van der Waals surface area contributed by atoms with Crippen LogP contribution in [0.5, 0.6) is 0 Å². The summed E-state index contributed by atoms with van der Waals surface area (Å²) in [5, 5.41) is 17.8. The van der Waals surface area contributed by atoms with E-state index < -0.39 is 12.1 Å². The van der Waals surface area contributed by atoms with Crippen molar-refractivity contribution in [3.05, 3.63) is 12.2 Å². The van der Waals surface area contributed by atoms with Gasteiger partial charge in [-0.05, 0) is 32.1 Å². The van der Waals surface area contributed by atoms with Crippen LogP contribution in [-0.4, -0.2) is 22.3 Å². The van der Waals surface area contributed by atoms with E-state index in [4.69, 9.17) is 5.11 Å². The highest BCUT2D eigenvalue weighted by atomic mass is 16.4. The van der Waals surface area contributed by atoms with Crippen LogP contribution in [-0.2, 0) is 4.79 Å². The topological polar surface area (TPSA) is 57.5 Å². The molecule has 0 aliphatic rings. The molecule has 3 nitrogen and oxygen atoms in total. The molecule has 3 heteroatoms. The first kappa shape index (κ1) is 17.2. The van der Waals surface area contributed by atoms with Crippen molar-refractivity contribution in [3.63, 3.8) is 0 Å². The van der Waals surface area contributed by atoms with Crippen LogP contribution in [0.25, 0.3) is 0 Å². The Balaban J connectivity index is 3.22. The molecule has 0 saturated heterocycles. The zero-order valence-corrected chi connectivity index (χ0v) is 11.6. The Morgan fingerprint density at radius 2 is 1.67 bits per heavy atom. The minimum absolute atomic E-state index is 0.128. The number of carboxylic acid groups (broad SMARTS) is 1. The number of aliphatic carboxylic acids is 1. The number of carboxylic acids is 1. The number of unbranched alkanes of at least 4 members (excludes halogenated alkanes) is 6. The summed E-state index contributed by atoms with van der Waals surface area (Å²) in [6.07, 6.45) is 13.6. The Labute approximate surface area is 111 Å². The number of aliphatic hydroxyl groups excluding tert-OH is 1. The zero-order chi connectivity index (χ0) is 13.6. The van der Waals surface area contributed by atoms with Crippen molar-refractivity contribution in [2.24, 2.45) is 0 Å². The fourth-order valence-electron chi connectivity index (χ4n) is 1.87. The molecule has 0 spiro atoms. The smallest absolute Gasteiger partial charge is 0.305 e. The first-order chi connectivity index (χ1) is 8.66. The lowest BCUT2D eigenvalue weighted by molar-refractivity contribution is -0.139. The van der Waals surface area contributed by atoms with E-state index in [0.717, 1.165) is 25.7 Å². The molecule has 1 unspecified atom stereocenters. The van der Waals surface area contributed by atoms with Crippen LogP contribution in [0.1, 0.15) is 71.1 Å². The van der Waals surface area contributed by atoms with E-state index in [-0.39, 0.29) is 6.42 Å². The lowest BCUT2D eigenvalue weighted by Gasteiger charge is -2.06. The molecule has 0 aromatic carbocycles. The minimum atomic E-state index is -0.919. The first-order valence-corrected chi connectivity index (χ1v) is 7.21. The van der Waals surface area contributed by atoms with Gasteiger partial charge in [0, 0.05) is 0 Å². The molecule has 0 aromatic heterocycles. The van der Waals surface area contributed by atoms with Gasteiger partial charge in [0.25, 0.3) is 0 Å². The van der Waals surface area contributed by atoms with Crippen LogP contribution in [0.4, 0.5) is 0 Å². The third-order valence-electron chi connectivity index (χ3n) is 2.96. The molecule has 0 saturated carbocycles. The maximum absolute atomic E-state index is 10.3. The lowest BCUT2D eigenvalue weighted by Crippen LogP contribution is -2.12. The Bertz CT molecular complexity index is 224. The molecule has 0 bridgehead atoms. The molecule has 0 aliphatic carbocycles. The van der Waals surface area contributed by atoms with Crippen molar-refractivity contribution in [1.82, 2.24) is 0 Å². The fourth-order valence-corrected chi connectivity index (χ4v) is 1.87. The Hall–Kier alpha value is -0.830. The molecule has 0 radical (unpaired) electrons. The van der Waals surface area contributed by atoms with E-state index in [0.29, 0.717) is 6.42 Å². The van der Waals surface area contributed by atoms with Crippen molar-refractivity contribution in [2.75, 3.05) is 0 Å². The predicted molar refractivity (Wildman–Crippen MR) is 74.6 cm³/mol. The van der Waals surface area contributed by atoms with Gasteiger partial charge in [0.05, 0.1) is 12.5 Å². The van der Waals surface area contributed by atoms with E-state index >= 15 is 0 Å². The third kappa shape index (κ3) is 13.2. The van der Waals surface area contributed by atoms with Crippen molar-refractivity contribution in [3.8, 4) is 0 Å². The maximum Gasteiger partial charge on any atom is 0.305 e. The van der Waals surface area contributed by atoms with Crippen molar-refractivity contribution >= 4 is 5.97 Å². The molecule has 0 rings (SSSR count). The Kier molecular flexibility index (Phi) is 12.0. The van der Waals surface area contributed by atoms with Gasteiger partial charge in [-0.3, -0.25) is 4.79 Å².